The first kappa shape index (κ1) is 25.1. The number of piperidine rings is 1. The van der Waals surface area contributed by atoms with E-state index in [2.05, 4.69) is 5.32 Å². The number of ketones is 1. The molecule has 35 heavy (non-hydrogen) atoms. The Morgan fingerprint density at radius 3 is 2.26 bits per heavy atom. The first-order chi connectivity index (χ1) is 16.8. The summed E-state index contributed by atoms with van der Waals surface area (Å²) in [6.45, 7) is 1.12. The van der Waals surface area contributed by atoms with Crippen molar-refractivity contribution in [1.29, 1.82) is 0 Å². The van der Waals surface area contributed by atoms with E-state index in [9.17, 15) is 18.0 Å². The molecule has 0 aliphatic carbocycles. The van der Waals surface area contributed by atoms with Crippen molar-refractivity contribution in [3.63, 3.8) is 0 Å². The minimum Gasteiger partial charge on any atom is -0.325 e. The number of hydrogen-bond donors (Lipinski definition) is 1. The monoisotopic (exact) mass is 510 g/mol. The van der Waals surface area contributed by atoms with Crippen LogP contribution in [0.3, 0.4) is 0 Å². The number of carbonyl (C=O) groups excluding carboxylic acids is 2. The van der Waals surface area contributed by atoms with Crippen LogP contribution in [0.4, 0.5) is 5.69 Å². The predicted octanol–water partition coefficient (Wildman–Crippen LogP) is 5.32. The molecule has 1 fully saturated rings. The second kappa shape index (κ2) is 11.2. The van der Waals surface area contributed by atoms with Crippen molar-refractivity contribution >= 4 is 39.0 Å². The topological polar surface area (TPSA) is 83.6 Å². The van der Waals surface area contributed by atoms with Gasteiger partial charge in [0.2, 0.25) is 15.9 Å². The molecule has 1 aliphatic rings. The summed E-state index contributed by atoms with van der Waals surface area (Å²) in [7, 11) is -3.48. The van der Waals surface area contributed by atoms with Gasteiger partial charge in [-0.25, -0.2) is 8.42 Å². The van der Waals surface area contributed by atoms with E-state index in [4.69, 9.17) is 11.6 Å². The molecule has 1 N–H and O–H groups in total. The molecule has 3 aromatic rings. The summed E-state index contributed by atoms with van der Waals surface area (Å²) in [5.74, 6) is -0.478. The summed E-state index contributed by atoms with van der Waals surface area (Å²) >= 11 is 6.11. The standard InChI is InChI=1S/C27H27ClN2O4S/c28-22-12-15-25(24(19-22)27(32)21-7-3-1-4-8-21)29-26(31)16-11-20-9-13-23(14-10-20)35(33,34)30-17-5-2-6-18-30/h1,3-4,7-10,12-15,19H,2,5-6,11,16-18H2,(H,29,31). The smallest absolute Gasteiger partial charge is 0.243 e. The molecule has 0 aromatic heterocycles. The van der Waals surface area contributed by atoms with E-state index >= 15 is 0 Å². The molecular weight excluding hydrogens is 484 g/mol. The maximum absolute atomic E-state index is 12.9. The summed E-state index contributed by atoms with van der Waals surface area (Å²) in [6.07, 6.45) is 3.45. The zero-order chi connectivity index (χ0) is 24.8. The molecule has 0 saturated carbocycles. The van der Waals surface area contributed by atoms with Gasteiger partial charge in [-0.05, 0) is 55.2 Å². The quantitative estimate of drug-likeness (QED) is 0.416. The van der Waals surface area contributed by atoms with E-state index < -0.39 is 10.0 Å². The molecule has 182 valence electrons. The van der Waals surface area contributed by atoms with Crippen molar-refractivity contribution < 1.29 is 18.0 Å². The first-order valence-corrected chi connectivity index (χ1v) is 13.4. The highest BCUT2D eigenvalue weighted by molar-refractivity contribution is 7.89. The number of anilines is 1. The van der Waals surface area contributed by atoms with E-state index in [1.54, 1.807) is 71.0 Å². The van der Waals surface area contributed by atoms with Gasteiger partial charge in [-0.2, -0.15) is 4.31 Å². The maximum Gasteiger partial charge on any atom is 0.243 e. The molecule has 1 saturated heterocycles. The molecule has 3 aromatic carbocycles. The number of carbonyl (C=O) groups is 2. The molecule has 0 unspecified atom stereocenters. The van der Waals surface area contributed by atoms with Gasteiger partial charge in [-0.3, -0.25) is 9.59 Å². The maximum atomic E-state index is 12.9. The molecule has 0 radical (unpaired) electrons. The van der Waals surface area contributed by atoms with Crippen LogP contribution in [0.25, 0.3) is 0 Å². The first-order valence-electron chi connectivity index (χ1n) is 11.6. The Morgan fingerprint density at radius 2 is 1.57 bits per heavy atom. The van der Waals surface area contributed by atoms with Gasteiger partial charge in [0.1, 0.15) is 0 Å². The lowest BCUT2D eigenvalue weighted by atomic mass is 10.0. The van der Waals surface area contributed by atoms with Crippen molar-refractivity contribution in [2.45, 2.75) is 37.0 Å². The van der Waals surface area contributed by atoms with Gasteiger partial charge in [0, 0.05) is 35.7 Å². The Morgan fingerprint density at radius 1 is 0.886 bits per heavy atom. The van der Waals surface area contributed by atoms with Gasteiger partial charge < -0.3 is 5.32 Å². The Kier molecular flexibility index (Phi) is 8.00. The molecule has 0 bridgehead atoms. The molecule has 1 amide bonds. The fourth-order valence-corrected chi connectivity index (χ4v) is 5.80. The molecule has 0 spiro atoms. The summed E-state index contributed by atoms with van der Waals surface area (Å²) < 4.78 is 27.2. The summed E-state index contributed by atoms with van der Waals surface area (Å²) in [6, 6.07) is 20.3. The lowest BCUT2D eigenvalue weighted by molar-refractivity contribution is -0.116. The van der Waals surface area contributed by atoms with Crippen molar-refractivity contribution in [2.75, 3.05) is 18.4 Å². The number of hydrogen-bond acceptors (Lipinski definition) is 4. The highest BCUT2D eigenvalue weighted by atomic mass is 35.5. The minimum atomic E-state index is -3.48. The normalized spacial score (nSPS) is 14.4. The zero-order valence-electron chi connectivity index (χ0n) is 19.2. The number of rotatable bonds is 8. The number of nitrogens with zero attached hydrogens (tertiary/aromatic N) is 1. The van der Waals surface area contributed by atoms with Crippen LogP contribution in [0.15, 0.2) is 77.7 Å². The number of nitrogens with one attached hydrogen (secondary N) is 1. The highest BCUT2D eigenvalue weighted by Gasteiger charge is 2.25. The lowest BCUT2D eigenvalue weighted by Crippen LogP contribution is -2.35. The van der Waals surface area contributed by atoms with Gasteiger partial charge in [-0.1, -0.05) is 60.5 Å². The van der Waals surface area contributed by atoms with Crippen LogP contribution in [0.5, 0.6) is 0 Å². The fraction of sp³-hybridized carbons (Fsp3) is 0.259. The predicted molar refractivity (Wildman–Crippen MR) is 137 cm³/mol. The van der Waals surface area contributed by atoms with Crippen LogP contribution in [0.2, 0.25) is 5.02 Å². The Balaban J connectivity index is 1.40. The lowest BCUT2D eigenvalue weighted by Gasteiger charge is -2.25. The van der Waals surface area contributed by atoms with E-state index in [-0.39, 0.29) is 23.0 Å². The summed E-state index contributed by atoms with van der Waals surface area (Å²) in [5.41, 5.74) is 2.08. The molecule has 1 heterocycles. The fourth-order valence-electron chi connectivity index (χ4n) is 4.11. The molecule has 0 atom stereocenters. The highest BCUT2D eigenvalue weighted by Crippen LogP contribution is 2.25. The Bertz CT molecular complexity index is 1300. The SMILES string of the molecule is O=C(CCc1ccc(S(=O)(=O)N2CCCCC2)cc1)Nc1ccc(Cl)cc1C(=O)c1ccccc1. The van der Waals surface area contributed by atoms with E-state index in [0.717, 1.165) is 24.8 Å². The molecule has 6 nitrogen and oxygen atoms in total. The summed E-state index contributed by atoms with van der Waals surface area (Å²) in [4.78, 5) is 25.9. The third-order valence-electron chi connectivity index (χ3n) is 6.05. The number of sulfonamides is 1. The van der Waals surface area contributed by atoms with Crippen molar-refractivity contribution in [2.24, 2.45) is 0 Å². The Labute approximate surface area is 211 Å². The average Bonchev–Trinajstić information content (AvgIpc) is 2.89. The van der Waals surface area contributed by atoms with Crippen LogP contribution >= 0.6 is 11.6 Å². The minimum absolute atomic E-state index is 0.180. The summed E-state index contributed by atoms with van der Waals surface area (Å²) in [5, 5.41) is 3.22. The average molecular weight is 511 g/mol. The van der Waals surface area contributed by atoms with Gasteiger partial charge in [-0.15, -0.1) is 0 Å². The van der Waals surface area contributed by atoms with E-state index in [1.807, 2.05) is 6.07 Å². The number of aryl methyl sites for hydroxylation is 1. The van der Waals surface area contributed by atoms with Crippen LogP contribution in [-0.2, 0) is 21.2 Å². The number of amides is 1. The molecule has 4 rings (SSSR count). The number of benzene rings is 3. The zero-order valence-corrected chi connectivity index (χ0v) is 20.8. The largest absolute Gasteiger partial charge is 0.325 e. The van der Waals surface area contributed by atoms with Gasteiger partial charge in [0.25, 0.3) is 0 Å². The van der Waals surface area contributed by atoms with E-state index in [1.165, 1.54) is 0 Å². The number of halogens is 1. The molecular formula is C27H27ClN2O4S. The van der Waals surface area contributed by atoms with Crippen molar-refractivity contribution in [3.05, 3.63) is 94.5 Å². The van der Waals surface area contributed by atoms with Gasteiger partial charge in [0.15, 0.2) is 5.78 Å². The van der Waals surface area contributed by atoms with Crippen LogP contribution in [-0.4, -0.2) is 37.5 Å². The van der Waals surface area contributed by atoms with Gasteiger partial charge in [0.05, 0.1) is 10.6 Å². The van der Waals surface area contributed by atoms with E-state index in [0.29, 0.717) is 41.3 Å². The third kappa shape index (κ3) is 6.17. The second-order valence-electron chi connectivity index (χ2n) is 8.54. The third-order valence-corrected chi connectivity index (χ3v) is 8.20. The van der Waals surface area contributed by atoms with Crippen molar-refractivity contribution in [3.8, 4) is 0 Å². The second-order valence-corrected chi connectivity index (χ2v) is 10.9. The Hall–Kier alpha value is -3.00. The molecule has 1 aliphatic heterocycles. The molecule has 8 heteroatoms. The van der Waals surface area contributed by atoms with Crippen molar-refractivity contribution in [1.82, 2.24) is 4.31 Å². The van der Waals surface area contributed by atoms with Crippen LogP contribution in [0, 0.1) is 0 Å². The van der Waals surface area contributed by atoms with Crippen LogP contribution < -0.4 is 5.32 Å². The van der Waals surface area contributed by atoms with Gasteiger partial charge >= 0.3 is 0 Å². The van der Waals surface area contributed by atoms with Crippen LogP contribution in [0.1, 0.15) is 47.2 Å².